The van der Waals surface area contributed by atoms with E-state index in [9.17, 15) is 20.1 Å². The van der Waals surface area contributed by atoms with Crippen LogP contribution in [0.2, 0.25) is 0 Å². The number of carbonyl (C=O) groups is 1. The second-order valence-electron chi connectivity index (χ2n) is 6.41. The Labute approximate surface area is 141 Å². The Balaban J connectivity index is 3.58. The van der Waals surface area contributed by atoms with Crippen LogP contribution in [0.1, 0.15) is 84.0 Å². The first-order valence-corrected chi connectivity index (χ1v) is 9.12. The highest BCUT2D eigenvalue weighted by Crippen LogP contribution is 2.15. The van der Waals surface area contributed by atoms with E-state index >= 15 is 0 Å². The molecule has 0 aliphatic heterocycles. The molecule has 23 heavy (non-hydrogen) atoms. The number of esters is 1. The average Bonchev–Trinajstić information content (AvgIpc) is 2.54. The van der Waals surface area contributed by atoms with Gasteiger partial charge in [-0.1, -0.05) is 58.3 Å². The van der Waals surface area contributed by atoms with Crippen LogP contribution in [0.25, 0.3) is 0 Å². The van der Waals surface area contributed by atoms with Gasteiger partial charge in [-0.2, -0.15) is 0 Å². The van der Waals surface area contributed by atoms with Crippen molar-refractivity contribution in [2.75, 3.05) is 7.11 Å². The minimum absolute atomic E-state index is 0.0721. The molecule has 0 aliphatic carbocycles. The molecule has 0 aromatic heterocycles. The van der Waals surface area contributed by atoms with Crippen molar-refractivity contribution >= 4 is 5.97 Å². The van der Waals surface area contributed by atoms with E-state index in [0.717, 1.165) is 12.8 Å². The van der Waals surface area contributed by atoms with E-state index in [1.165, 1.54) is 45.6 Å². The van der Waals surface area contributed by atoms with Crippen LogP contribution in [0.3, 0.4) is 0 Å². The summed E-state index contributed by atoms with van der Waals surface area (Å²) in [7, 11) is 1.28. The normalized spacial score (nSPS) is 15.2. The SMILES string of the molecule is CCCCCCCCCC[C@H](O)[C@@H](O)CC[C@@H](O)CC(=O)OC. The Morgan fingerprint density at radius 3 is 1.91 bits per heavy atom. The third-order valence-corrected chi connectivity index (χ3v) is 4.22. The third kappa shape index (κ3) is 13.5. The van der Waals surface area contributed by atoms with E-state index in [4.69, 9.17) is 0 Å². The summed E-state index contributed by atoms with van der Waals surface area (Å²) in [5, 5.41) is 29.4. The Morgan fingerprint density at radius 1 is 0.826 bits per heavy atom. The minimum Gasteiger partial charge on any atom is -0.469 e. The molecule has 3 atom stereocenters. The van der Waals surface area contributed by atoms with Crippen molar-refractivity contribution in [3.63, 3.8) is 0 Å². The van der Waals surface area contributed by atoms with Crippen molar-refractivity contribution < 1.29 is 24.9 Å². The number of ether oxygens (including phenoxy) is 1. The standard InChI is InChI=1S/C18H36O5/c1-3-4-5-6-7-8-9-10-11-16(20)17(21)13-12-15(19)14-18(22)23-2/h15-17,19-21H,3-14H2,1-2H3/t15-,16+,17+/m1/s1. The number of hydrogen-bond acceptors (Lipinski definition) is 5. The van der Waals surface area contributed by atoms with Crippen molar-refractivity contribution in [3.05, 3.63) is 0 Å². The molecule has 0 unspecified atom stereocenters. The van der Waals surface area contributed by atoms with Gasteiger partial charge in [-0.25, -0.2) is 0 Å². The highest BCUT2D eigenvalue weighted by atomic mass is 16.5. The largest absolute Gasteiger partial charge is 0.469 e. The number of unbranched alkanes of at least 4 members (excludes halogenated alkanes) is 7. The van der Waals surface area contributed by atoms with Gasteiger partial charge < -0.3 is 20.1 Å². The van der Waals surface area contributed by atoms with E-state index in [0.29, 0.717) is 6.42 Å². The fourth-order valence-electron chi connectivity index (χ4n) is 2.61. The highest BCUT2D eigenvalue weighted by Gasteiger charge is 2.18. The molecule has 0 aliphatic rings. The molecule has 138 valence electrons. The molecule has 0 rings (SSSR count). The van der Waals surface area contributed by atoms with Crippen molar-refractivity contribution in [2.45, 2.75) is 102 Å². The van der Waals surface area contributed by atoms with Gasteiger partial charge >= 0.3 is 5.97 Å². The summed E-state index contributed by atoms with van der Waals surface area (Å²) >= 11 is 0. The van der Waals surface area contributed by atoms with Gasteiger partial charge in [0.05, 0.1) is 31.8 Å². The molecular weight excluding hydrogens is 296 g/mol. The number of carbonyl (C=O) groups excluding carboxylic acids is 1. The Bertz CT molecular complexity index is 283. The van der Waals surface area contributed by atoms with Crippen molar-refractivity contribution in [1.29, 1.82) is 0 Å². The lowest BCUT2D eigenvalue weighted by Crippen LogP contribution is -2.27. The highest BCUT2D eigenvalue weighted by molar-refractivity contribution is 5.69. The maximum atomic E-state index is 11.0. The van der Waals surface area contributed by atoms with Crippen LogP contribution in [0, 0.1) is 0 Å². The fourth-order valence-corrected chi connectivity index (χ4v) is 2.61. The number of hydrogen-bond donors (Lipinski definition) is 3. The van der Waals surface area contributed by atoms with E-state index in [1.807, 2.05) is 0 Å². The van der Waals surface area contributed by atoms with Gasteiger partial charge in [0, 0.05) is 0 Å². The Hall–Kier alpha value is -0.650. The molecule has 0 radical (unpaired) electrons. The molecule has 0 saturated carbocycles. The molecule has 0 fully saturated rings. The zero-order valence-corrected chi connectivity index (χ0v) is 14.9. The smallest absolute Gasteiger partial charge is 0.308 e. The molecule has 5 heteroatoms. The average molecular weight is 332 g/mol. The molecular formula is C18H36O5. The third-order valence-electron chi connectivity index (χ3n) is 4.22. The first-order valence-electron chi connectivity index (χ1n) is 9.12. The minimum atomic E-state index is -0.841. The maximum Gasteiger partial charge on any atom is 0.308 e. The van der Waals surface area contributed by atoms with Crippen LogP contribution in [-0.4, -0.2) is 46.7 Å². The maximum absolute atomic E-state index is 11.0. The first kappa shape index (κ1) is 22.4. The van der Waals surface area contributed by atoms with Crippen LogP contribution in [0.5, 0.6) is 0 Å². The van der Waals surface area contributed by atoms with Gasteiger partial charge in [0.1, 0.15) is 0 Å². The van der Waals surface area contributed by atoms with E-state index < -0.39 is 24.3 Å². The van der Waals surface area contributed by atoms with Crippen LogP contribution in [-0.2, 0) is 9.53 Å². The Kier molecular flexibility index (Phi) is 14.5. The monoisotopic (exact) mass is 332 g/mol. The van der Waals surface area contributed by atoms with Crippen molar-refractivity contribution in [3.8, 4) is 0 Å². The van der Waals surface area contributed by atoms with Crippen molar-refractivity contribution in [2.24, 2.45) is 0 Å². The number of aliphatic hydroxyl groups excluding tert-OH is 3. The summed E-state index contributed by atoms with van der Waals surface area (Å²) in [6.45, 7) is 2.21. The van der Waals surface area contributed by atoms with E-state index in [2.05, 4.69) is 11.7 Å². The lowest BCUT2D eigenvalue weighted by atomic mass is 9.99. The molecule has 0 amide bonds. The van der Waals surface area contributed by atoms with Gasteiger partial charge in [0.2, 0.25) is 0 Å². The van der Waals surface area contributed by atoms with E-state index in [1.54, 1.807) is 0 Å². The lowest BCUT2D eigenvalue weighted by Gasteiger charge is -2.19. The summed E-state index contributed by atoms with van der Waals surface area (Å²) in [5.41, 5.74) is 0. The molecule has 5 nitrogen and oxygen atoms in total. The number of methoxy groups -OCH3 is 1. The van der Waals surface area contributed by atoms with Gasteiger partial charge in [0.15, 0.2) is 0 Å². The molecule has 0 bridgehead atoms. The molecule has 0 spiro atoms. The molecule has 0 aromatic carbocycles. The first-order chi connectivity index (χ1) is 11.0. The molecule has 0 heterocycles. The van der Waals surface area contributed by atoms with Crippen LogP contribution in [0.4, 0.5) is 0 Å². The second kappa shape index (κ2) is 14.9. The molecule has 3 N–H and O–H groups in total. The lowest BCUT2D eigenvalue weighted by molar-refractivity contribution is -0.143. The number of aliphatic hydroxyl groups is 3. The molecule has 0 saturated heterocycles. The topological polar surface area (TPSA) is 87.0 Å². The predicted molar refractivity (Wildman–Crippen MR) is 91.1 cm³/mol. The summed E-state index contributed by atoms with van der Waals surface area (Å²) in [5.74, 6) is -0.466. The van der Waals surface area contributed by atoms with E-state index in [-0.39, 0.29) is 19.3 Å². The zero-order valence-electron chi connectivity index (χ0n) is 14.9. The zero-order chi connectivity index (χ0) is 17.5. The predicted octanol–water partition coefficient (Wildman–Crippen LogP) is 2.94. The summed E-state index contributed by atoms with van der Waals surface area (Å²) < 4.78 is 4.47. The fraction of sp³-hybridized carbons (Fsp3) is 0.944. The summed E-state index contributed by atoms with van der Waals surface area (Å²) in [6, 6.07) is 0. The second-order valence-corrected chi connectivity index (χ2v) is 6.41. The van der Waals surface area contributed by atoms with Crippen LogP contribution < -0.4 is 0 Å². The number of rotatable bonds is 15. The van der Waals surface area contributed by atoms with Crippen molar-refractivity contribution in [1.82, 2.24) is 0 Å². The Morgan fingerprint density at radius 2 is 1.35 bits per heavy atom. The van der Waals surface area contributed by atoms with Gasteiger partial charge in [-0.15, -0.1) is 0 Å². The quantitative estimate of drug-likeness (QED) is 0.317. The summed E-state index contributed by atoms with van der Waals surface area (Å²) in [6.07, 6.45) is 8.27. The van der Waals surface area contributed by atoms with Crippen LogP contribution >= 0.6 is 0 Å². The molecule has 0 aromatic rings. The summed E-state index contributed by atoms with van der Waals surface area (Å²) in [4.78, 5) is 11.0. The van der Waals surface area contributed by atoms with Gasteiger partial charge in [-0.05, 0) is 19.3 Å². The van der Waals surface area contributed by atoms with Gasteiger partial charge in [0.25, 0.3) is 0 Å². The van der Waals surface area contributed by atoms with Crippen LogP contribution in [0.15, 0.2) is 0 Å². The van der Waals surface area contributed by atoms with Gasteiger partial charge in [-0.3, -0.25) is 4.79 Å².